The van der Waals surface area contributed by atoms with Crippen molar-refractivity contribution < 1.29 is 19.8 Å². The Morgan fingerprint density at radius 1 is 1.30 bits per heavy atom. The highest BCUT2D eigenvalue weighted by molar-refractivity contribution is 5.75. The first-order valence-electron chi connectivity index (χ1n) is 6.60. The zero-order valence-corrected chi connectivity index (χ0v) is 11.0. The number of hydrazine groups is 1. The van der Waals surface area contributed by atoms with Crippen molar-refractivity contribution in [2.24, 2.45) is 0 Å². The number of carbonyl (C=O) groups is 2. The predicted molar refractivity (Wildman–Crippen MR) is 72.1 cm³/mol. The molecule has 0 aliphatic carbocycles. The lowest BCUT2D eigenvalue weighted by Crippen LogP contribution is -2.53. The summed E-state index contributed by atoms with van der Waals surface area (Å²) in [4.78, 5) is 22.4. The summed E-state index contributed by atoms with van der Waals surface area (Å²) in [5.41, 5.74) is 3.75. The first kappa shape index (κ1) is 14.5. The second kappa shape index (κ2) is 6.49. The molecule has 1 fully saturated rings. The summed E-state index contributed by atoms with van der Waals surface area (Å²) >= 11 is 0. The zero-order valence-electron chi connectivity index (χ0n) is 11.0. The van der Waals surface area contributed by atoms with E-state index in [0.717, 1.165) is 12.0 Å². The van der Waals surface area contributed by atoms with Gasteiger partial charge >= 0.3 is 11.9 Å². The fraction of sp³-hybridized carbons (Fsp3) is 0.429. The average molecular weight is 278 g/mol. The van der Waals surface area contributed by atoms with E-state index in [2.05, 4.69) is 5.43 Å². The molecule has 0 aromatic heterocycles. The molecule has 20 heavy (non-hydrogen) atoms. The molecule has 2 rings (SSSR count). The molecule has 1 aliphatic heterocycles. The second-order valence-corrected chi connectivity index (χ2v) is 4.90. The van der Waals surface area contributed by atoms with Crippen LogP contribution in [0, 0.1) is 0 Å². The summed E-state index contributed by atoms with van der Waals surface area (Å²) in [6, 6.07) is 7.82. The molecule has 2 atom stereocenters. The topological polar surface area (TPSA) is 89.9 Å². The van der Waals surface area contributed by atoms with Gasteiger partial charge < -0.3 is 10.2 Å². The minimum absolute atomic E-state index is 0.318. The van der Waals surface area contributed by atoms with Crippen LogP contribution in [0.2, 0.25) is 0 Å². The third-order valence-electron chi connectivity index (χ3n) is 3.44. The fourth-order valence-electron chi connectivity index (χ4n) is 2.42. The second-order valence-electron chi connectivity index (χ2n) is 4.90. The molecule has 0 bridgehead atoms. The molecule has 0 radical (unpaired) electrons. The van der Waals surface area contributed by atoms with E-state index in [1.54, 1.807) is 0 Å². The molecule has 6 nitrogen and oxygen atoms in total. The fourth-order valence-corrected chi connectivity index (χ4v) is 2.42. The summed E-state index contributed by atoms with van der Waals surface area (Å²) in [6.07, 6.45) is 1.61. The van der Waals surface area contributed by atoms with E-state index in [4.69, 9.17) is 5.11 Å². The number of benzene rings is 1. The normalized spacial score (nSPS) is 20.7. The van der Waals surface area contributed by atoms with E-state index >= 15 is 0 Å². The molecule has 0 unspecified atom stereocenters. The molecular weight excluding hydrogens is 260 g/mol. The molecule has 0 amide bonds. The molecule has 6 heteroatoms. The van der Waals surface area contributed by atoms with Crippen LogP contribution >= 0.6 is 0 Å². The summed E-state index contributed by atoms with van der Waals surface area (Å²) < 4.78 is 0. The van der Waals surface area contributed by atoms with Crippen LogP contribution in [0.1, 0.15) is 18.4 Å². The molecule has 3 N–H and O–H groups in total. The summed E-state index contributed by atoms with van der Waals surface area (Å²) in [5, 5.41) is 19.9. The Morgan fingerprint density at radius 3 is 2.60 bits per heavy atom. The molecule has 0 spiro atoms. The number of nitrogens with zero attached hydrogens (tertiary/aromatic N) is 1. The molecule has 1 aromatic rings. The Kier molecular flexibility index (Phi) is 4.70. The van der Waals surface area contributed by atoms with E-state index in [1.165, 1.54) is 5.01 Å². The third kappa shape index (κ3) is 3.55. The van der Waals surface area contributed by atoms with Gasteiger partial charge in [0.15, 0.2) is 0 Å². The Morgan fingerprint density at radius 2 is 2.00 bits per heavy atom. The zero-order chi connectivity index (χ0) is 14.5. The molecule has 1 saturated heterocycles. The number of hydrogen-bond acceptors (Lipinski definition) is 4. The van der Waals surface area contributed by atoms with E-state index < -0.39 is 24.0 Å². The van der Waals surface area contributed by atoms with Gasteiger partial charge in [0.1, 0.15) is 12.1 Å². The van der Waals surface area contributed by atoms with E-state index in [-0.39, 0.29) is 0 Å². The van der Waals surface area contributed by atoms with Crippen molar-refractivity contribution in [1.29, 1.82) is 0 Å². The summed E-state index contributed by atoms with van der Waals surface area (Å²) in [5.74, 6) is -1.90. The van der Waals surface area contributed by atoms with Crippen molar-refractivity contribution in [1.82, 2.24) is 10.4 Å². The van der Waals surface area contributed by atoms with Gasteiger partial charge in [0.05, 0.1) is 0 Å². The van der Waals surface area contributed by atoms with Crippen molar-refractivity contribution in [2.45, 2.75) is 31.3 Å². The Bertz CT molecular complexity index is 477. The van der Waals surface area contributed by atoms with Gasteiger partial charge in [-0.3, -0.25) is 9.59 Å². The average Bonchev–Trinajstić information content (AvgIpc) is 2.87. The predicted octanol–water partition coefficient (Wildman–Crippen LogP) is 0.736. The highest BCUT2D eigenvalue weighted by Gasteiger charge is 2.33. The van der Waals surface area contributed by atoms with Crippen LogP contribution in [0.15, 0.2) is 30.3 Å². The van der Waals surface area contributed by atoms with E-state index in [0.29, 0.717) is 19.4 Å². The van der Waals surface area contributed by atoms with E-state index in [9.17, 15) is 14.7 Å². The smallest absolute Gasteiger partial charge is 0.322 e. The number of rotatable bonds is 6. The molecule has 1 heterocycles. The molecule has 0 saturated carbocycles. The van der Waals surface area contributed by atoms with Crippen molar-refractivity contribution >= 4 is 11.9 Å². The Balaban J connectivity index is 2.02. The number of nitrogens with one attached hydrogen (secondary N) is 1. The number of carboxylic acids is 2. The molecule has 108 valence electrons. The molecule has 1 aromatic carbocycles. The van der Waals surface area contributed by atoms with Gasteiger partial charge in [-0.1, -0.05) is 30.3 Å². The molecule has 1 aliphatic rings. The maximum Gasteiger partial charge on any atom is 0.322 e. The lowest BCUT2D eigenvalue weighted by Gasteiger charge is -2.26. The minimum atomic E-state index is -0.982. The number of aliphatic carboxylic acids is 2. The van der Waals surface area contributed by atoms with Crippen LogP contribution < -0.4 is 5.43 Å². The highest BCUT2D eigenvalue weighted by atomic mass is 16.4. The third-order valence-corrected chi connectivity index (χ3v) is 3.44. The summed E-state index contributed by atoms with van der Waals surface area (Å²) in [6.45, 7) is 0.551. The monoisotopic (exact) mass is 278 g/mol. The van der Waals surface area contributed by atoms with Gasteiger partial charge in [-0.2, -0.15) is 0 Å². The van der Waals surface area contributed by atoms with Crippen LogP contribution in [0.25, 0.3) is 0 Å². The number of carboxylic acid groups (broad SMARTS) is 2. The minimum Gasteiger partial charge on any atom is -0.480 e. The SMILES string of the molecule is O=C(O)[C@H](Cc1ccccc1)NN1CCC[C@@H]1C(=O)O. The maximum atomic E-state index is 11.3. The van der Waals surface area contributed by atoms with Crippen molar-refractivity contribution in [2.75, 3.05) is 6.54 Å². The van der Waals surface area contributed by atoms with Crippen LogP contribution in [-0.4, -0.2) is 45.8 Å². The summed E-state index contributed by atoms with van der Waals surface area (Å²) in [7, 11) is 0. The highest BCUT2D eigenvalue weighted by Crippen LogP contribution is 2.16. The lowest BCUT2D eigenvalue weighted by molar-refractivity contribution is -0.147. The first-order chi connectivity index (χ1) is 9.58. The van der Waals surface area contributed by atoms with Crippen LogP contribution in [0.3, 0.4) is 0 Å². The maximum absolute atomic E-state index is 11.3. The molecular formula is C14H18N2O4. The van der Waals surface area contributed by atoms with Gasteiger partial charge in [0, 0.05) is 6.54 Å². The van der Waals surface area contributed by atoms with Crippen molar-refractivity contribution in [3.05, 3.63) is 35.9 Å². The van der Waals surface area contributed by atoms with Crippen molar-refractivity contribution in [3.8, 4) is 0 Å². The van der Waals surface area contributed by atoms with Crippen molar-refractivity contribution in [3.63, 3.8) is 0 Å². The Labute approximate surface area is 117 Å². The van der Waals surface area contributed by atoms with E-state index in [1.807, 2.05) is 30.3 Å². The van der Waals surface area contributed by atoms with Gasteiger partial charge in [-0.05, 0) is 24.8 Å². The van der Waals surface area contributed by atoms with Gasteiger partial charge in [0.25, 0.3) is 0 Å². The quantitative estimate of drug-likeness (QED) is 0.711. The lowest BCUT2D eigenvalue weighted by atomic mass is 10.1. The largest absolute Gasteiger partial charge is 0.480 e. The Hall–Kier alpha value is -1.92. The van der Waals surface area contributed by atoms with Crippen LogP contribution in [-0.2, 0) is 16.0 Å². The van der Waals surface area contributed by atoms with Crippen LogP contribution in [0.5, 0.6) is 0 Å². The number of hydrogen-bond donors (Lipinski definition) is 3. The van der Waals surface area contributed by atoms with Gasteiger partial charge in [-0.15, -0.1) is 0 Å². The first-order valence-corrected chi connectivity index (χ1v) is 6.60. The standard InChI is InChI=1S/C14H18N2O4/c17-13(18)11(9-10-5-2-1-3-6-10)15-16-8-4-7-12(16)14(19)20/h1-3,5-6,11-12,15H,4,7-9H2,(H,17,18)(H,19,20)/t11-,12+/m0/s1. The van der Waals surface area contributed by atoms with Gasteiger partial charge in [0.2, 0.25) is 0 Å². The van der Waals surface area contributed by atoms with Gasteiger partial charge in [-0.25, -0.2) is 10.4 Å². The van der Waals surface area contributed by atoms with Crippen LogP contribution in [0.4, 0.5) is 0 Å².